The van der Waals surface area contributed by atoms with Crippen LogP contribution in [0.4, 0.5) is 16.2 Å². The molecule has 1 aliphatic heterocycles. The van der Waals surface area contributed by atoms with Crippen molar-refractivity contribution in [1.82, 2.24) is 10.6 Å². The molecule has 42 heavy (non-hydrogen) atoms. The number of nitrogens with zero attached hydrogens (tertiary/aromatic N) is 1. The smallest absolute Gasteiger partial charge is 0.316 e. The lowest BCUT2D eigenvalue weighted by molar-refractivity contribution is -0.121. The number of carbonyl (C=O) groups excluding carboxylic acids is 2. The number of anilines is 2. The Morgan fingerprint density at radius 2 is 1.81 bits per heavy atom. The van der Waals surface area contributed by atoms with E-state index in [9.17, 15) is 32.2 Å². The van der Waals surface area contributed by atoms with Crippen molar-refractivity contribution in [3.8, 4) is 0 Å². The Bertz CT molecular complexity index is 1610. The summed E-state index contributed by atoms with van der Waals surface area (Å²) in [6.07, 6.45) is 1.69. The summed E-state index contributed by atoms with van der Waals surface area (Å²) in [7, 11) is -7.60. The van der Waals surface area contributed by atoms with Gasteiger partial charge >= 0.3 is 6.03 Å². The minimum Gasteiger partial charge on any atom is -0.506 e. The van der Waals surface area contributed by atoms with Gasteiger partial charge in [-0.1, -0.05) is 48.9 Å². The zero-order valence-electron chi connectivity index (χ0n) is 24.3. The molecule has 1 aliphatic carbocycles. The highest BCUT2D eigenvalue weighted by Gasteiger charge is 2.51. The Hall–Kier alpha value is -3.59. The Labute approximate surface area is 247 Å². The zero-order valence-corrected chi connectivity index (χ0v) is 25.9. The van der Waals surface area contributed by atoms with Gasteiger partial charge in [-0.05, 0) is 63.3 Å². The summed E-state index contributed by atoms with van der Waals surface area (Å²) in [5.74, 6) is -1.25. The number of hydrogen-bond acceptors (Lipinski definition) is 9. The van der Waals surface area contributed by atoms with Crippen LogP contribution in [0.3, 0.4) is 0 Å². The summed E-state index contributed by atoms with van der Waals surface area (Å²) in [5.41, 5.74) is -1.62. The van der Waals surface area contributed by atoms with Crippen LogP contribution in [0.1, 0.15) is 58.6 Å². The molecule has 2 aromatic carbocycles. The van der Waals surface area contributed by atoms with Crippen molar-refractivity contribution in [3.63, 3.8) is 0 Å². The lowest BCUT2D eigenvalue weighted by Gasteiger charge is -2.41. The summed E-state index contributed by atoms with van der Waals surface area (Å²) >= 11 is 0. The second-order valence-electron chi connectivity index (χ2n) is 11.9. The summed E-state index contributed by atoms with van der Waals surface area (Å²) in [6.45, 7) is 9.40. The van der Waals surface area contributed by atoms with Gasteiger partial charge in [0.1, 0.15) is 21.8 Å². The van der Waals surface area contributed by atoms with Gasteiger partial charge in [-0.3, -0.25) is 18.6 Å². The van der Waals surface area contributed by atoms with E-state index in [2.05, 4.69) is 25.1 Å². The van der Waals surface area contributed by atoms with Crippen LogP contribution >= 0.6 is 10.8 Å². The second-order valence-corrected chi connectivity index (χ2v) is 15.3. The van der Waals surface area contributed by atoms with E-state index in [4.69, 9.17) is 0 Å². The van der Waals surface area contributed by atoms with Crippen molar-refractivity contribution < 1.29 is 32.2 Å². The molecule has 0 spiro atoms. The fraction of sp³-hybridized carbons (Fsp3) is 0.393. The van der Waals surface area contributed by atoms with E-state index in [1.165, 1.54) is 18.2 Å². The summed E-state index contributed by atoms with van der Waals surface area (Å²) in [4.78, 5) is 27.7. The van der Waals surface area contributed by atoms with Crippen molar-refractivity contribution in [3.05, 3.63) is 59.2 Å². The minimum absolute atomic E-state index is 0.0863. The van der Waals surface area contributed by atoms with E-state index in [1.807, 2.05) is 13.8 Å². The molecule has 0 radical (unpaired) electrons. The van der Waals surface area contributed by atoms with E-state index in [0.717, 1.165) is 6.26 Å². The van der Waals surface area contributed by atoms with Crippen molar-refractivity contribution in [2.24, 2.45) is 10.3 Å². The number of aliphatic hydroxyl groups excluding tert-OH is 1. The molecular formula is C28H37N5O7S2. The lowest BCUT2D eigenvalue weighted by Crippen LogP contribution is -2.60. The van der Waals surface area contributed by atoms with Crippen molar-refractivity contribution >= 4 is 55.6 Å². The SMILES string of the molecule is CC(C)CCC1(NC(=O)NC(C)(C)C)C(=O)C(C2=NS(O)(O)c3cc(NS(C)(=O)=O)ccc3N2)=C(O)c2ccccc21. The number of amidine groups is 1. The van der Waals surface area contributed by atoms with Crippen LogP contribution in [-0.4, -0.2) is 52.1 Å². The van der Waals surface area contributed by atoms with Crippen LogP contribution < -0.4 is 20.7 Å². The molecule has 1 atom stereocenters. The quantitative estimate of drug-likeness (QED) is 0.220. The van der Waals surface area contributed by atoms with Crippen LogP contribution in [0, 0.1) is 5.92 Å². The van der Waals surface area contributed by atoms with Gasteiger partial charge in [0.25, 0.3) is 0 Å². The number of sulfonamides is 1. The molecule has 0 aromatic heterocycles. The van der Waals surface area contributed by atoms with Crippen LogP contribution in [0.5, 0.6) is 0 Å². The molecule has 0 saturated heterocycles. The third-order valence-electron chi connectivity index (χ3n) is 6.69. The predicted molar refractivity (Wildman–Crippen MR) is 165 cm³/mol. The molecule has 2 aromatic rings. The Balaban J connectivity index is 1.87. The third kappa shape index (κ3) is 6.41. The van der Waals surface area contributed by atoms with E-state index >= 15 is 0 Å². The molecule has 2 aliphatic rings. The molecule has 0 bridgehead atoms. The average Bonchev–Trinajstić information content (AvgIpc) is 2.84. The van der Waals surface area contributed by atoms with Gasteiger partial charge in [-0.25, -0.2) is 13.2 Å². The highest BCUT2D eigenvalue weighted by atomic mass is 32.3. The fourth-order valence-electron chi connectivity index (χ4n) is 4.93. The second kappa shape index (κ2) is 10.9. The maximum atomic E-state index is 14.6. The molecule has 2 amide bonds. The first-order valence-corrected chi connectivity index (χ1v) is 16.7. The number of ketones is 1. The predicted octanol–water partition coefficient (Wildman–Crippen LogP) is 5.19. The standard InChI is InChI=1S/C28H37N5O7S2/c1-16(2)13-14-28(31-26(36)30-27(3,4)5)19-10-8-7-9-18(19)23(34)22(24(28)35)25-29-20-12-11-17(32-41(6,37)38)15-21(20)42(39,40)33-25/h7-12,15-16,32,34,39-40H,13-14H2,1-6H3,(H,29,33)(H2,30,31,36). The number of amides is 2. The highest BCUT2D eigenvalue weighted by molar-refractivity contribution is 8.23. The van der Waals surface area contributed by atoms with Crippen LogP contribution in [0.15, 0.2) is 57.3 Å². The van der Waals surface area contributed by atoms with Crippen molar-refractivity contribution in [1.29, 1.82) is 0 Å². The maximum absolute atomic E-state index is 14.6. The lowest BCUT2D eigenvalue weighted by atomic mass is 9.71. The fourth-order valence-corrected chi connectivity index (χ4v) is 6.67. The number of carbonyl (C=O) groups is 2. The first kappa shape index (κ1) is 31.3. The number of nitrogens with one attached hydrogen (secondary N) is 4. The van der Waals surface area contributed by atoms with Crippen LogP contribution in [0.25, 0.3) is 5.76 Å². The molecule has 7 N–H and O–H groups in total. The van der Waals surface area contributed by atoms with Crippen molar-refractivity contribution in [2.45, 2.75) is 63.4 Å². The van der Waals surface area contributed by atoms with E-state index in [0.29, 0.717) is 12.0 Å². The Morgan fingerprint density at radius 3 is 2.43 bits per heavy atom. The highest BCUT2D eigenvalue weighted by Crippen LogP contribution is 2.57. The number of aliphatic hydroxyl groups is 1. The normalized spacial score (nSPS) is 20.6. The van der Waals surface area contributed by atoms with Gasteiger partial charge in [0.05, 0.1) is 17.6 Å². The number of fused-ring (bicyclic) bond motifs is 2. The molecule has 4 rings (SSSR count). The largest absolute Gasteiger partial charge is 0.506 e. The Morgan fingerprint density at radius 1 is 1.14 bits per heavy atom. The van der Waals surface area contributed by atoms with E-state index in [-0.39, 0.29) is 45.6 Å². The molecule has 0 saturated carbocycles. The molecule has 1 heterocycles. The molecular weight excluding hydrogens is 582 g/mol. The number of hydrogen-bond donors (Lipinski definition) is 7. The van der Waals surface area contributed by atoms with E-state index in [1.54, 1.807) is 45.0 Å². The maximum Gasteiger partial charge on any atom is 0.316 e. The van der Waals surface area contributed by atoms with Gasteiger partial charge in [0.15, 0.2) is 11.6 Å². The molecule has 14 heteroatoms. The monoisotopic (exact) mass is 619 g/mol. The zero-order chi connectivity index (χ0) is 31.3. The Kier molecular flexibility index (Phi) is 8.15. The number of urea groups is 1. The summed E-state index contributed by atoms with van der Waals surface area (Å²) < 4.78 is 51.8. The molecule has 228 valence electrons. The van der Waals surface area contributed by atoms with Gasteiger partial charge in [0, 0.05) is 11.1 Å². The van der Waals surface area contributed by atoms with Crippen molar-refractivity contribution in [2.75, 3.05) is 16.3 Å². The van der Waals surface area contributed by atoms with E-state index < -0.39 is 49.5 Å². The number of benzene rings is 2. The molecule has 0 fully saturated rings. The summed E-state index contributed by atoms with van der Waals surface area (Å²) in [5, 5.41) is 20.1. The number of rotatable bonds is 7. The number of Topliss-reactive ketones (excluding diaryl/α,β-unsaturated/α-hetero) is 1. The van der Waals surface area contributed by atoms with Crippen LogP contribution in [-0.2, 0) is 20.4 Å². The first-order chi connectivity index (χ1) is 19.3. The van der Waals surface area contributed by atoms with Gasteiger partial charge in [-0.2, -0.15) is 0 Å². The third-order valence-corrected chi connectivity index (χ3v) is 8.67. The summed E-state index contributed by atoms with van der Waals surface area (Å²) in [6, 6.07) is 10.1. The molecule has 1 unspecified atom stereocenters. The van der Waals surface area contributed by atoms with Gasteiger partial charge in [-0.15, -0.1) is 4.40 Å². The topological polar surface area (TPSA) is 189 Å². The first-order valence-electron chi connectivity index (χ1n) is 13.3. The van der Waals surface area contributed by atoms with Gasteiger partial charge in [0.2, 0.25) is 10.0 Å². The average molecular weight is 620 g/mol. The van der Waals surface area contributed by atoms with Gasteiger partial charge < -0.3 is 21.1 Å². The molecule has 12 nitrogen and oxygen atoms in total. The van der Waals surface area contributed by atoms with Crippen LogP contribution in [0.2, 0.25) is 0 Å². The minimum atomic E-state index is -3.96.